The Morgan fingerprint density at radius 1 is 0.879 bits per heavy atom. The highest BCUT2D eigenvalue weighted by molar-refractivity contribution is 7.73. The summed E-state index contributed by atoms with van der Waals surface area (Å²) in [4.78, 5) is 2.52. The zero-order valence-corrected chi connectivity index (χ0v) is 20.6. The van der Waals surface area contributed by atoms with Crippen LogP contribution in [0.15, 0.2) is 70.7 Å². The number of hydrazone groups is 1. The number of likely N-dealkylation sites (tertiary alicyclic amines) is 1. The minimum Gasteiger partial charge on any atom is -0.374 e. The van der Waals surface area contributed by atoms with E-state index in [1.165, 1.54) is 24.1 Å². The van der Waals surface area contributed by atoms with Gasteiger partial charge in [0.05, 0.1) is 16.7 Å². The summed E-state index contributed by atoms with van der Waals surface area (Å²) in [6.45, 7) is 7.57. The van der Waals surface area contributed by atoms with Gasteiger partial charge in [-0.3, -0.25) is 4.57 Å². The van der Waals surface area contributed by atoms with E-state index < -0.39 is 7.44 Å². The van der Waals surface area contributed by atoms with E-state index in [2.05, 4.69) is 47.7 Å². The Morgan fingerprint density at radius 3 is 2.39 bits per heavy atom. The average Bonchev–Trinajstić information content (AvgIpc) is 3.45. The molecule has 6 heteroatoms. The van der Waals surface area contributed by atoms with Crippen molar-refractivity contribution in [3.05, 3.63) is 71.2 Å². The van der Waals surface area contributed by atoms with Gasteiger partial charge in [-0.25, -0.2) is 0 Å². The average molecular weight is 461 g/mol. The van der Waals surface area contributed by atoms with Gasteiger partial charge in [-0.15, -0.1) is 0 Å². The molecule has 3 heterocycles. The third kappa shape index (κ3) is 3.35. The highest BCUT2D eigenvalue weighted by Crippen LogP contribution is 2.70. The van der Waals surface area contributed by atoms with Gasteiger partial charge >= 0.3 is 7.44 Å². The summed E-state index contributed by atoms with van der Waals surface area (Å²) >= 11 is 0. The Kier molecular flexibility index (Phi) is 4.95. The van der Waals surface area contributed by atoms with E-state index in [1.807, 2.05) is 35.1 Å². The topological polar surface area (TPSA) is 39.2 Å². The van der Waals surface area contributed by atoms with Gasteiger partial charge in [0.15, 0.2) is 0 Å². The van der Waals surface area contributed by atoms with Crippen LogP contribution in [0.4, 0.5) is 11.4 Å². The monoisotopic (exact) mass is 460 g/mol. The molecule has 6 rings (SSSR count). The molecule has 0 spiro atoms. The van der Waals surface area contributed by atoms with E-state index in [-0.39, 0.29) is 5.41 Å². The number of rotatable bonds is 3. The number of allylic oxidation sites excluding steroid dienone is 2. The van der Waals surface area contributed by atoms with Crippen molar-refractivity contribution < 1.29 is 4.57 Å². The summed E-state index contributed by atoms with van der Waals surface area (Å²) in [5, 5.41) is 6.19. The molecule has 4 aliphatic rings. The van der Waals surface area contributed by atoms with E-state index in [1.54, 1.807) is 0 Å². The number of fused-ring (bicyclic) bond motifs is 2. The third-order valence-corrected chi connectivity index (χ3v) is 10.5. The zero-order chi connectivity index (χ0) is 22.6. The fraction of sp³-hybridized carbons (Fsp3) is 0.444. The second-order valence-electron chi connectivity index (χ2n) is 10.6. The van der Waals surface area contributed by atoms with Gasteiger partial charge in [-0.1, -0.05) is 50.2 Å². The van der Waals surface area contributed by atoms with Gasteiger partial charge in [-0.05, 0) is 67.7 Å². The lowest BCUT2D eigenvalue weighted by Crippen LogP contribution is -2.36. The van der Waals surface area contributed by atoms with Crippen molar-refractivity contribution in [1.82, 2.24) is 4.90 Å². The normalized spacial score (nSPS) is 26.4. The number of nitrogens with zero attached hydrogens (tertiary/aromatic N) is 4. The Bertz CT molecular complexity index is 1180. The number of benzene rings is 2. The molecule has 0 unspecified atom stereocenters. The first-order chi connectivity index (χ1) is 16.0. The third-order valence-electron chi connectivity index (χ3n) is 7.49. The second-order valence-corrected chi connectivity index (χ2v) is 13.0. The lowest BCUT2D eigenvalue weighted by atomic mass is 9.78. The number of aryl methyl sites for hydroxylation is 1. The first kappa shape index (κ1) is 21.0. The summed E-state index contributed by atoms with van der Waals surface area (Å²) in [5.74, 6) is 0. The van der Waals surface area contributed by atoms with Crippen LogP contribution in [-0.4, -0.2) is 30.2 Å². The van der Waals surface area contributed by atoms with Gasteiger partial charge < -0.3 is 9.57 Å². The molecule has 0 N–H and O–H groups in total. The van der Waals surface area contributed by atoms with Crippen LogP contribution in [0.25, 0.3) is 0 Å². The smallest absolute Gasteiger partial charge is 0.316 e. The molecule has 33 heavy (non-hydrogen) atoms. The summed E-state index contributed by atoms with van der Waals surface area (Å²) in [7, 11) is -3.21. The summed E-state index contributed by atoms with van der Waals surface area (Å²) in [5.41, 5.74) is 5.74. The molecule has 2 aromatic carbocycles. The molecule has 3 aliphatic heterocycles. The maximum atomic E-state index is 15.7. The SMILES string of the molecule is CC1(C)CC2=NN(c3ccccc3)[P@@](=O)(N3CCCc4ccccc43)C2=C(N2CCCC2)C1. The van der Waals surface area contributed by atoms with Crippen LogP contribution in [0.5, 0.6) is 0 Å². The lowest BCUT2D eigenvalue weighted by Gasteiger charge is -2.43. The maximum Gasteiger partial charge on any atom is 0.316 e. The molecule has 0 aromatic heterocycles. The molecule has 1 fully saturated rings. The van der Waals surface area contributed by atoms with Crippen molar-refractivity contribution in [1.29, 1.82) is 0 Å². The van der Waals surface area contributed by atoms with Crippen LogP contribution in [0.2, 0.25) is 0 Å². The summed E-state index contributed by atoms with van der Waals surface area (Å²) < 4.78 is 19.8. The zero-order valence-electron chi connectivity index (χ0n) is 19.7. The molecule has 1 saturated heterocycles. The van der Waals surface area contributed by atoms with E-state index >= 15 is 4.57 Å². The van der Waals surface area contributed by atoms with Gasteiger partial charge in [-0.2, -0.15) is 9.88 Å². The quantitative estimate of drug-likeness (QED) is 0.482. The number of anilines is 2. The highest BCUT2D eigenvalue weighted by atomic mass is 31.2. The van der Waals surface area contributed by atoms with Crippen molar-refractivity contribution in [3.63, 3.8) is 0 Å². The molecule has 1 aliphatic carbocycles. The van der Waals surface area contributed by atoms with E-state index in [0.29, 0.717) is 0 Å². The Labute approximate surface area is 197 Å². The fourth-order valence-electron chi connectivity index (χ4n) is 6.03. The summed E-state index contributed by atoms with van der Waals surface area (Å²) in [6, 6.07) is 18.7. The molecule has 5 nitrogen and oxygen atoms in total. The number of hydrogen-bond acceptors (Lipinski definition) is 3. The number of hydrogen-bond donors (Lipinski definition) is 0. The van der Waals surface area contributed by atoms with E-state index in [9.17, 15) is 0 Å². The molecule has 0 radical (unpaired) electrons. The lowest BCUT2D eigenvalue weighted by molar-refractivity contribution is 0.304. The molecule has 0 saturated carbocycles. The molecule has 172 valence electrons. The Hall–Kier alpha value is -2.52. The molecule has 1 atom stereocenters. The molecule has 0 amide bonds. The van der Waals surface area contributed by atoms with Crippen molar-refractivity contribution in [2.75, 3.05) is 29.1 Å². The second kappa shape index (κ2) is 7.77. The van der Waals surface area contributed by atoms with Crippen LogP contribution in [0.3, 0.4) is 0 Å². The largest absolute Gasteiger partial charge is 0.374 e. The highest BCUT2D eigenvalue weighted by Gasteiger charge is 2.54. The van der Waals surface area contributed by atoms with Crippen LogP contribution in [0.1, 0.15) is 51.5 Å². The van der Waals surface area contributed by atoms with Crippen molar-refractivity contribution in [2.45, 2.75) is 52.4 Å². The van der Waals surface area contributed by atoms with Crippen LogP contribution in [0, 0.1) is 5.41 Å². The first-order valence-electron chi connectivity index (χ1n) is 12.4. The van der Waals surface area contributed by atoms with Crippen molar-refractivity contribution >= 4 is 24.5 Å². The molecular weight excluding hydrogens is 427 g/mol. The molecular formula is C27H33N4OP. The van der Waals surface area contributed by atoms with Gasteiger partial charge in [0.2, 0.25) is 0 Å². The van der Waals surface area contributed by atoms with E-state index in [4.69, 9.17) is 5.10 Å². The van der Waals surface area contributed by atoms with Gasteiger partial charge in [0.25, 0.3) is 0 Å². The standard InChI is InChI=1S/C27H33N4OP/c1-27(2)19-23-26(25(20-27)29-16-8-9-17-29)33(32,31(28-23)22-13-4-3-5-14-22)30-18-10-12-21-11-6-7-15-24(21)30/h3-7,11,13-15H,8-10,12,16-20H2,1-2H3/t33-/m0/s1. The molecule has 0 bridgehead atoms. The van der Waals surface area contributed by atoms with Gasteiger partial charge in [0.1, 0.15) is 0 Å². The van der Waals surface area contributed by atoms with Crippen LogP contribution >= 0.6 is 7.44 Å². The fourth-order valence-corrected chi connectivity index (χ4v) is 9.26. The van der Waals surface area contributed by atoms with E-state index in [0.717, 1.165) is 67.7 Å². The predicted octanol–water partition coefficient (Wildman–Crippen LogP) is 6.64. The minimum absolute atomic E-state index is 0.109. The first-order valence-corrected chi connectivity index (χ1v) is 14.0. The maximum absolute atomic E-state index is 15.7. The Balaban J connectivity index is 1.60. The molecule has 2 aromatic rings. The predicted molar refractivity (Wildman–Crippen MR) is 137 cm³/mol. The van der Waals surface area contributed by atoms with Crippen molar-refractivity contribution in [3.8, 4) is 0 Å². The van der Waals surface area contributed by atoms with Crippen LogP contribution < -0.4 is 9.45 Å². The minimum atomic E-state index is -3.21. The van der Waals surface area contributed by atoms with Crippen molar-refractivity contribution in [2.24, 2.45) is 10.5 Å². The summed E-state index contributed by atoms with van der Waals surface area (Å²) in [6.07, 6.45) is 6.30. The Morgan fingerprint density at radius 2 is 1.61 bits per heavy atom. The van der Waals surface area contributed by atoms with Gasteiger partial charge in [0, 0.05) is 31.0 Å². The van der Waals surface area contributed by atoms with Crippen LogP contribution in [-0.2, 0) is 11.0 Å². The number of para-hydroxylation sites is 2.